The maximum absolute atomic E-state index is 11.5. The van der Waals surface area contributed by atoms with Gasteiger partial charge < -0.3 is 10.2 Å². The number of aliphatic hydroxyl groups is 2. The Kier molecular flexibility index (Phi) is 18.4. The monoisotopic (exact) mass is 578 g/mol. The molecule has 0 atom stereocenters. The molecular formula is C30H52O4Ru. The molecule has 35 heavy (non-hydrogen) atoms. The summed E-state index contributed by atoms with van der Waals surface area (Å²) in [6.45, 7) is 22.2. The van der Waals surface area contributed by atoms with Gasteiger partial charge >= 0.3 is 0 Å². The molecule has 4 nitrogen and oxygen atoms in total. The molecule has 204 valence electrons. The molecule has 0 aromatic carbocycles. The summed E-state index contributed by atoms with van der Waals surface area (Å²) < 4.78 is 0. The average Bonchev–Trinajstić information content (AvgIpc) is 2.58. The van der Waals surface area contributed by atoms with Gasteiger partial charge in [-0.1, -0.05) is 83.1 Å². The van der Waals surface area contributed by atoms with E-state index in [4.69, 9.17) is 0 Å². The summed E-state index contributed by atoms with van der Waals surface area (Å²) in [5.74, 6) is 0.208. The fourth-order valence-electron chi connectivity index (χ4n) is 1.97. The zero-order valence-corrected chi connectivity index (χ0v) is 26.1. The second kappa shape index (κ2) is 16.7. The molecule has 0 spiro atoms. The molecule has 0 aromatic rings. The van der Waals surface area contributed by atoms with E-state index in [-0.39, 0.29) is 53.4 Å². The Bertz CT molecular complexity index is 599. The summed E-state index contributed by atoms with van der Waals surface area (Å²) in [5.41, 5.74) is -1.53. The second-order valence-corrected chi connectivity index (χ2v) is 12.9. The maximum atomic E-state index is 11.5. The Morgan fingerprint density at radius 3 is 0.857 bits per heavy atom. The molecule has 0 aromatic heterocycles. The summed E-state index contributed by atoms with van der Waals surface area (Å²) in [7, 11) is 0. The molecule has 5 heteroatoms. The van der Waals surface area contributed by atoms with Gasteiger partial charge in [0.15, 0.2) is 11.6 Å². The predicted octanol–water partition coefficient (Wildman–Crippen LogP) is 8.55. The van der Waals surface area contributed by atoms with Crippen molar-refractivity contribution < 1.29 is 39.3 Å². The van der Waals surface area contributed by atoms with E-state index in [0.29, 0.717) is 0 Å². The molecular weight excluding hydrogens is 525 g/mol. The largest absolute Gasteiger partial charge is 0.512 e. The molecule has 0 bridgehead atoms. The van der Waals surface area contributed by atoms with Gasteiger partial charge in [0.05, 0.1) is 0 Å². The summed E-state index contributed by atoms with van der Waals surface area (Å²) in [6.07, 6.45) is 16.7. The first kappa shape index (κ1) is 38.6. The van der Waals surface area contributed by atoms with Crippen LogP contribution in [0.15, 0.2) is 23.7 Å². The molecule has 2 N–H and O–H groups in total. The number of hydrogen-bond donors (Lipinski definition) is 2. The standard InChI is InChI=1S/2C11H20O2.C8H12.Ru/c2*1-10(2,3)8(12)7-9(13)11(4,5)6;1-2-4-6-8-7-5-3-1;/h2*7,12H,1-6H3;1-2,7-8H,3-6H2;/b2*8-7+;;. The number of aliphatic hydroxyl groups excluding tert-OH is 2. The van der Waals surface area contributed by atoms with Gasteiger partial charge in [-0.25, -0.2) is 0 Å². The molecule has 1 fully saturated rings. The predicted molar refractivity (Wildman–Crippen MR) is 145 cm³/mol. The van der Waals surface area contributed by atoms with E-state index < -0.39 is 10.8 Å². The van der Waals surface area contributed by atoms with Crippen molar-refractivity contribution in [3.8, 4) is 0 Å². The van der Waals surface area contributed by atoms with Gasteiger partial charge in [0.25, 0.3) is 0 Å². The van der Waals surface area contributed by atoms with Crippen LogP contribution in [0, 0.1) is 47.3 Å². The molecule has 4 radical (unpaired) electrons. The Hall–Kier alpha value is -0.957. The fraction of sp³-hybridized carbons (Fsp3) is 0.667. The van der Waals surface area contributed by atoms with Crippen molar-refractivity contribution in [1.82, 2.24) is 0 Å². The van der Waals surface area contributed by atoms with Crippen LogP contribution in [0.4, 0.5) is 0 Å². The fourth-order valence-corrected chi connectivity index (χ4v) is 1.97. The zero-order valence-electron chi connectivity index (χ0n) is 24.4. The van der Waals surface area contributed by atoms with E-state index in [2.05, 4.69) is 25.7 Å². The Balaban J connectivity index is -0.000000444. The first-order valence-corrected chi connectivity index (χ1v) is 12.3. The average molecular weight is 578 g/mol. The van der Waals surface area contributed by atoms with Crippen molar-refractivity contribution in [1.29, 1.82) is 0 Å². The van der Waals surface area contributed by atoms with Gasteiger partial charge in [-0.2, -0.15) is 0 Å². The first-order chi connectivity index (χ1) is 15.1. The van der Waals surface area contributed by atoms with Crippen LogP contribution in [0.2, 0.25) is 0 Å². The molecule has 0 amide bonds. The van der Waals surface area contributed by atoms with Gasteiger partial charge in [0.1, 0.15) is 11.5 Å². The third-order valence-electron chi connectivity index (χ3n) is 4.88. The van der Waals surface area contributed by atoms with Crippen LogP contribution in [-0.4, -0.2) is 21.8 Å². The summed E-state index contributed by atoms with van der Waals surface area (Å²) in [6, 6.07) is 0. The number of carbonyl (C=O) groups excluding carboxylic acids is 2. The maximum Gasteiger partial charge on any atom is 0.164 e. The Labute approximate surface area is 230 Å². The Morgan fingerprint density at radius 1 is 0.514 bits per heavy atom. The third kappa shape index (κ3) is 20.9. The molecule has 1 saturated carbocycles. The van der Waals surface area contributed by atoms with E-state index in [0.717, 1.165) is 0 Å². The number of carbonyl (C=O) groups is 2. The molecule has 0 heterocycles. The molecule has 0 unspecified atom stereocenters. The van der Waals surface area contributed by atoms with Crippen LogP contribution in [0.1, 0.15) is 109 Å². The summed E-state index contributed by atoms with van der Waals surface area (Å²) in [4.78, 5) is 23.0. The Morgan fingerprint density at radius 2 is 0.714 bits per heavy atom. The minimum atomic E-state index is -0.417. The van der Waals surface area contributed by atoms with Crippen molar-refractivity contribution in [2.45, 2.75) is 109 Å². The van der Waals surface area contributed by atoms with E-state index in [1.54, 1.807) is 0 Å². The van der Waals surface area contributed by atoms with Gasteiger partial charge in [-0.15, -0.1) is 0 Å². The van der Waals surface area contributed by atoms with Gasteiger partial charge in [-0.3, -0.25) is 9.59 Å². The molecule has 0 saturated heterocycles. The molecule has 1 aliphatic rings. The van der Waals surface area contributed by atoms with Gasteiger partial charge in [0, 0.05) is 53.3 Å². The first-order valence-electron chi connectivity index (χ1n) is 12.3. The van der Waals surface area contributed by atoms with Crippen molar-refractivity contribution in [3.63, 3.8) is 0 Å². The quantitative estimate of drug-likeness (QED) is 0.196. The van der Waals surface area contributed by atoms with Crippen molar-refractivity contribution >= 4 is 11.6 Å². The van der Waals surface area contributed by atoms with Crippen LogP contribution in [0.3, 0.4) is 0 Å². The minimum Gasteiger partial charge on any atom is -0.512 e. The summed E-state index contributed by atoms with van der Waals surface area (Å²) in [5, 5.41) is 19.1. The van der Waals surface area contributed by atoms with E-state index in [9.17, 15) is 19.8 Å². The van der Waals surface area contributed by atoms with Gasteiger partial charge in [-0.05, 0) is 51.4 Å². The van der Waals surface area contributed by atoms with Crippen molar-refractivity contribution in [3.05, 3.63) is 49.4 Å². The van der Waals surface area contributed by atoms with Crippen LogP contribution in [0.5, 0.6) is 0 Å². The van der Waals surface area contributed by atoms with Gasteiger partial charge in [0.2, 0.25) is 0 Å². The minimum absolute atomic E-state index is 0. The zero-order chi connectivity index (χ0) is 27.4. The molecule has 0 aliphatic heterocycles. The second-order valence-electron chi connectivity index (χ2n) is 12.9. The van der Waals surface area contributed by atoms with Crippen LogP contribution in [0.25, 0.3) is 0 Å². The summed E-state index contributed by atoms with van der Waals surface area (Å²) >= 11 is 0. The number of ketones is 2. The normalized spacial score (nSPS) is 16.2. The third-order valence-corrected chi connectivity index (χ3v) is 4.88. The smallest absolute Gasteiger partial charge is 0.164 e. The number of rotatable bonds is 2. The molecule has 1 rings (SSSR count). The van der Waals surface area contributed by atoms with E-state index in [1.807, 2.05) is 83.1 Å². The van der Waals surface area contributed by atoms with Crippen LogP contribution in [-0.2, 0) is 29.1 Å². The van der Waals surface area contributed by atoms with E-state index >= 15 is 0 Å². The number of allylic oxidation sites excluding steroid dienone is 4. The van der Waals surface area contributed by atoms with Crippen molar-refractivity contribution in [2.24, 2.45) is 21.7 Å². The van der Waals surface area contributed by atoms with Crippen molar-refractivity contribution in [2.75, 3.05) is 0 Å². The number of hydrogen-bond acceptors (Lipinski definition) is 4. The topological polar surface area (TPSA) is 74.6 Å². The van der Waals surface area contributed by atoms with Crippen LogP contribution < -0.4 is 0 Å². The van der Waals surface area contributed by atoms with Crippen LogP contribution >= 0.6 is 0 Å². The SMILES string of the molecule is CC(C)(C)C(=O)/C=C(/O)C(C)(C)C.CC(C)(C)C(=O)/C=C(/O)C(C)(C)C.[CH]1[CH]CC[CH][CH]CC1.[Ru]. The molecule has 1 aliphatic carbocycles. The van der Waals surface area contributed by atoms with E-state index in [1.165, 1.54) is 37.8 Å².